The summed E-state index contributed by atoms with van der Waals surface area (Å²) in [6, 6.07) is 0. The smallest absolute Gasteiger partial charge is 0.0568 e. The molecule has 0 heterocycles. The Morgan fingerprint density at radius 3 is 1.83 bits per heavy atom. The molecule has 0 spiro atoms. The van der Waals surface area contributed by atoms with Crippen LogP contribution in [0.4, 0.5) is 0 Å². The second-order valence-corrected chi connectivity index (χ2v) is 5.38. The highest BCUT2D eigenvalue weighted by Crippen LogP contribution is 2.10. The van der Waals surface area contributed by atoms with E-state index in [1.165, 1.54) is 64.2 Å². The van der Waals surface area contributed by atoms with Crippen molar-refractivity contribution in [1.82, 2.24) is 0 Å². The molecule has 0 aliphatic rings. The molecular formula is C16H34O2. The topological polar surface area (TPSA) is 29.5 Å². The van der Waals surface area contributed by atoms with E-state index in [1.807, 2.05) is 6.92 Å². The predicted octanol–water partition coefficient (Wildman–Crippen LogP) is 4.69. The first kappa shape index (κ1) is 17.9. The van der Waals surface area contributed by atoms with Gasteiger partial charge in [-0.2, -0.15) is 0 Å². The van der Waals surface area contributed by atoms with E-state index in [0.29, 0.717) is 0 Å². The average molecular weight is 258 g/mol. The Kier molecular flexibility index (Phi) is 14.9. The Morgan fingerprint density at radius 2 is 1.33 bits per heavy atom. The molecule has 0 bridgehead atoms. The summed E-state index contributed by atoms with van der Waals surface area (Å²) in [7, 11) is 0. The molecule has 0 unspecified atom stereocenters. The number of rotatable bonds is 14. The van der Waals surface area contributed by atoms with Crippen molar-refractivity contribution in [3.63, 3.8) is 0 Å². The normalized spacial score (nSPS) is 12.8. The Morgan fingerprint density at radius 1 is 0.833 bits per heavy atom. The van der Waals surface area contributed by atoms with Crippen molar-refractivity contribution < 1.29 is 9.84 Å². The van der Waals surface area contributed by atoms with E-state index < -0.39 is 0 Å². The maximum absolute atomic E-state index is 8.73. The molecule has 0 rings (SSSR count). The van der Waals surface area contributed by atoms with Gasteiger partial charge in [0.2, 0.25) is 0 Å². The quantitative estimate of drug-likeness (QED) is 0.458. The zero-order chi connectivity index (χ0) is 13.5. The maximum atomic E-state index is 8.73. The van der Waals surface area contributed by atoms with E-state index >= 15 is 0 Å². The number of hydrogen-bond donors (Lipinski definition) is 1. The molecule has 0 aromatic heterocycles. The van der Waals surface area contributed by atoms with Crippen LogP contribution in [-0.4, -0.2) is 24.4 Å². The van der Waals surface area contributed by atoms with Gasteiger partial charge in [0.1, 0.15) is 0 Å². The molecule has 0 aliphatic carbocycles. The van der Waals surface area contributed by atoms with Crippen LogP contribution < -0.4 is 0 Å². The SMILES string of the molecule is CCCCCCCCCCCCO[C@@H](C)CCO. The van der Waals surface area contributed by atoms with Gasteiger partial charge in [-0.3, -0.25) is 0 Å². The highest BCUT2D eigenvalue weighted by molar-refractivity contribution is 4.50. The lowest BCUT2D eigenvalue weighted by atomic mass is 10.1. The largest absolute Gasteiger partial charge is 0.396 e. The van der Waals surface area contributed by atoms with Gasteiger partial charge >= 0.3 is 0 Å². The monoisotopic (exact) mass is 258 g/mol. The van der Waals surface area contributed by atoms with Gasteiger partial charge in [0.05, 0.1) is 6.10 Å². The van der Waals surface area contributed by atoms with Crippen molar-refractivity contribution in [2.24, 2.45) is 0 Å². The molecule has 1 atom stereocenters. The van der Waals surface area contributed by atoms with Gasteiger partial charge < -0.3 is 9.84 Å². The zero-order valence-corrected chi connectivity index (χ0v) is 12.6. The second-order valence-electron chi connectivity index (χ2n) is 5.38. The second kappa shape index (κ2) is 15.0. The Bertz CT molecular complexity index is 148. The van der Waals surface area contributed by atoms with Gasteiger partial charge in [0.15, 0.2) is 0 Å². The van der Waals surface area contributed by atoms with Crippen LogP contribution in [0.3, 0.4) is 0 Å². The maximum Gasteiger partial charge on any atom is 0.0568 e. The molecule has 110 valence electrons. The minimum Gasteiger partial charge on any atom is -0.396 e. The van der Waals surface area contributed by atoms with Crippen molar-refractivity contribution in [3.05, 3.63) is 0 Å². The molecule has 0 aromatic rings. The number of ether oxygens (including phenoxy) is 1. The summed E-state index contributed by atoms with van der Waals surface area (Å²) in [6.45, 7) is 5.40. The number of aliphatic hydroxyl groups is 1. The Balaban J connectivity index is 2.98. The van der Waals surface area contributed by atoms with Crippen molar-refractivity contribution in [3.8, 4) is 0 Å². The lowest BCUT2D eigenvalue weighted by molar-refractivity contribution is 0.0456. The first-order valence-corrected chi connectivity index (χ1v) is 8.03. The third-order valence-electron chi connectivity index (χ3n) is 3.44. The van der Waals surface area contributed by atoms with Crippen molar-refractivity contribution in [2.45, 2.75) is 90.6 Å². The van der Waals surface area contributed by atoms with E-state index in [4.69, 9.17) is 9.84 Å². The van der Waals surface area contributed by atoms with Crippen molar-refractivity contribution in [2.75, 3.05) is 13.2 Å². The molecule has 0 radical (unpaired) electrons. The van der Waals surface area contributed by atoms with Crippen LogP contribution in [0, 0.1) is 0 Å². The summed E-state index contributed by atoms with van der Waals surface area (Å²) < 4.78 is 5.59. The highest BCUT2D eigenvalue weighted by atomic mass is 16.5. The first-order chi connectivity index (χ1) is 8.81. The van der Waals surface area contributed by atoms with Crippen LogP contribution in [0.5, 0.6) is 0 Å². The minimum atomic E-state index is 0.216. The van der Waals surface area contributed by atoms with E-state index in [-0.39, 0.29) is 12.7 Å². The van der Waals surface area contributed by atoms with Gasteiger partial charge in [0, 0.05) is 13.2 Å². The molecule has 0 aliphatic heterocycles. The van der Waals surface area contributed by atoms with Crippen LogP contribution >= 0.6 is 0 Å². The zero-order valence-electron chi connectivity index (χ0n) is 12.6. The summed E-state index contributed by atoms with van der Waals surface area (Å²) >= 11 is 0. The standard InChI is InChI=1S/C16H34O2/c1-3-4-5-6-7-8-9-10-11-12-15-18-16(2)13-14-17/h16-17H,3-15H2,1-2H3/t16-/m0/s1. The molecule has 0 aromatic carbocycles. The lowest BCUT2D eigenvalue weighted by Gasteiger charge is -2.11. The summed E-state index contributed by atoms with van der Waals surface area (Å²) in [5.41, 5.74) is 0. The van der Waals surface area contributed by atoms with Crippen molar-refractivity contribution in [1.29, 1.82) is 0 Å². The Hall–Kier alpha value is -0.0800. The van der Waals surface area contributed by atoms with E-state index in [9.17, 15) is 0 Å². The fraction of sp³-hybridized carbons (Fsp3) is 1.00. The molecule has 2 nitrogen and oxygen atoms in total. The molecule has 1 N–H and O–H groups in total. The van der Waals surface area contributed by atoms with Crippen LogP contribution in [0.25, 0.3) is 0 Å². The lowest BCUT2D eigenvalue weighted by Crippen LogP contribution is -2.10. The van der Waals surface area contributed by atoms with Gasteiger partial charge in [0.25, 0.3) is 0 Å². The number of hydrogen-bond acceptors (Lipinski definition) is 2. The van der Waals surface area contributed by atoms with Gasteiger partial charge in [-0.15, -0.1) is 0 Å². The number of unbranched alkanes of at least 4 members (excludes halogenated alkanes) is 9. The van der Waals surface area contributed by atoms with Crippen LogP contribution in [0.15, 0.2) is 0 Å². The molecule has 0 fully saturated rings. The third kappa shape index (κ3) is 14.0. The predicted molar refractivity (Wildman–Crippen MR) is 79.0 cm³/mol. The van der Waals surface area contributed by atoms with E-state index in [2.05, 4.69) is 6.92 Å². The van der Waals surface area contributed by atoms with Crippen LogP contribution in [0.2, 0.25) is 0 Å². The fourth-order valence-corrected chi connectivity index (χ4v) is 2.14. The molecular weight excluding hydrogens is 224 g/mol. The first-order valence-electron chi connectivity index (χ1n) is 8.03. The highest BCUT2D eigenvalue weighted by Gasteiger charge is 2.00. The third-order valence-corrected chi connectivity index (χ3v) is 3.44. The van der Waals surface area contributed by atoms with Gasteiger partial charge in [-0.25, -0.2) is 0 Å². The number of aliphatic hydroxyl groups excluding tert-OH is 1. The van der Waals surface area contributed by atoms with Crippen LogP contribution in [0.1, 0.15) is 84.5 Å². The summed E-state index contributed by atoms with van der Waals surface area (Å²) in [6.07, 6.45) is 14.6. The van der Waals surface area contributed by atoms with Crippen molar-refractivity contribution >= 4 is 0 Å². The van der Waals surface area contributed by atoms with Crippen LogP contribution in [-0.2, 0) is 4.74 Å². The molecule has 0 saturated carbocycles. The van der Waals surface area contributed by atoms with E-state index in [1.54, 1.807) is 0 Å². The van der Waals surface area contributed by atoms with Gasteiger partial charge in [-0.1, -0.05) is 64.7 Å². The fourth-order valence-electron chi connectivity index (χ4n) is 2.14. The Labute approximate surface area is 114 Å². The summed E-state index contributed by atoms with van der Waals surface area (Å²) in [4.78, 5) is 0. The average Bonchev–Trinajstić information content (AvgIpc) is 2.36. The van der Waals surface area contributed by atoms with E-state index in [0.717, 1.165) is 13.0 Å². The molecule has 0 amide bonds. The molecule has 0 saturated heterocycles. The van der Waals surface area contributed by atoms with Gasteiger partial charge in [-0.05, 0) is 19.8 Å². The molecule has 18 heavy (non-hydrogen) atoms. The summed E-state index contributed by atoms with van der Waals surface area (Å²) in [5.74, 6) is 0. The molecule has 2 heteroatoms. The summed E-state index contributed by atoms with van der Waals surface area (Å²) in [5, 5.41) is 8.73. The minimum absolute atomic E-state index is 0.216.